The number of rotatable bonds is 4. The average Bonchev–Trinajstić information content (AvgIpc) is 2.39. The van der Waals surface area contributed by atoms with Crippen LogP contribution in [0.1, 0.15) is 12.8 Å². The number of hydrogen-bond acceptors (Lipinski definition) is 7. The van der Waals surface area contributed by atoms with E-state index in [0.29, 0.717) is 24.0 Å². The maximum absolute atomic E-state index is 5.40. The molecule has 1 atom stereocenters. The molecular weight excluding hydrogens is 222 g/mol. The number of methoxy groups -OCH3 is 1. The normalized spacial score (nSPS) is 19.8. The van der Waals surface area contributed by atoms with Gasteiger partial charge in [-0.2, -0.15) is 0 Å². The summed E-state index contributed by atoms with van der Waals surface area (Å²) in [4.78, 5) is 8.13. The molecule has 1 aromatic heterocycles. The molecule has 4 N–H and O–H groups in total. The Morgan fingerprint density at radius 3 is 2.94 bits per heavy atom. The molecule has 1 aromatic rings. The molecule has 7 heteroatoms. The molecule has 2 rings (SSSR count). The molecular formula is C10H17N5O2. The quantitative estimate of drug-likeness (QED) is 0.516. The van der Waals surface area contributed by atoms with E-state index in [1.165, 1.54) is 6.33 Å². The highest BCUT2D eigenvalue weighted by Gasteiger charge is 2.18. The molecule has 1 aliphatic heterocycles. The average molecular weight is 239 g/mol. The number of nitrogens with two attached hydrogens (primary N) is 1. The second-order valence-corrected chi connectivity index (χ2v) is 3.81. The summed E-state index contributed by atoms with van der Waals surface area (Å²) in [7, 11) is 1.56. The third-order valence-corrected chi connectivity index (χ3v) is 2.65. The predicted octanol–water partition coefficient (Wildman–Crippen LogP) is 0.362. The van der Waals surface area contributed by atoms with Gasteiger partial charge in [-0.3, -0.25) is 0 Å². The van der Waals surface area contributed by atoms with Crippen molar-refractivity contribution in [3.8, 4) is 5.75 Å². The van der Waals surface area contributed by atoms with Gasteiger partial charge in [0.15, 0.2) is 11.6 Å². The van der Waals surface area contributed by atoms with Crippen LogP contribution in [0.4, 0.5) is 11.6 Å². The number of ether oxygens (including phenoxy) is 2. The Hall–Kier alpha value is -1.60. The minimum Gasteiger partial charge on any atom is -0.490 e. The first-order chi connectivity index (χ1) is 8.35. The molecule has 0 spiro atoms. The predicted molar refractivity (Wildman–Crippen MR) is 63.9 cm³/mol. The van der Waals surface area contributed by atoms with Crippen molar-refractivity contribution in [2.24, 2.45) is 5.84 Å². The molecule has 0 aliphatic carbocycles. The van der Waals surface area contributed by atoms with Gasteiger partial charge in [-0.25, -0.2) is 15.8 Å². The van der Waals surface area contributed by atoms with Crippen LogP contribution in [0.25, 0.3) is 0 Å². The van der Waals surface area contributed by atoms with Gasteiger partial charge in [0, 0.05) is 6.61 Å². The van der Waals surface area contributed by atoms with E-state index in [9.17, 15) is 0 Å². The molecule has 94 valence electrons. The van der Waals surface area contributed by atoms with E-state index in [1.54, 1.807) is 7.11 Å². The Balaban J connectivity index is 2.13. The number of aromatic nitrogens is 2. The van der Waals surface area contributed by atoms with Crippen LogP contribution in [0.5, 0.6) is 5.75 Å². The van der Waals surface area contributed by atoms with Crippen molar-refractivity contribution in [1.82, 2.24) is 9.97 Å². The number of nitrogen functional groups attached to an aromatic ring is 1. The zero-order valence-corrected chi connectivity index (χ0v) is 9.77. The summed E-state index contributed by atoms with van der Waals surface area (Å²) < 4.78 is 10.6. The third-order valence-electron chi connectivity index (χ3n) is 2.65. The lowest BCUT2D eigenvalue weighted by Crippen LogP contribution is -2.30. The van der Waals surface area contributed by atoms with Crippen LogP contribution >= 0.6 is 0 Å². The number of hydrazine groups is 1. The summed E-state index contributed by atoms with van der Waals surface area (Å²) in [6, 6.07) is 0.248. The van der Waals surface area contributed by atoms with E-state index < -0.39 is 0 Å². The molecule has 0 radical (unpaired) electrons. The van der Waals surface area contributed by atoms with Gasteiger partial charge in [0.1, 0.15) is 6.33 Å². The van der Waals surface area contributed by atoms with E-state index in [1.807, 2.05) is 0 Å². The molecule has 1 unspecified atom stereocenters. The van der Waals surface area contributed by atoms with E-state index in [2.05, 4.69) is 20.7 Å². The summed E-state index contributed by atoms with van der Waals surface area (Å²) in [5.74, 6) is 6.96. The van der Waals surface area contributed by atoms with Gasteiger partial charge in [-0.15, -0.1) is 0 Å². The van der Waals surface area contributed by atoms with Crippen molar-refractivity contribution in [2.75, 3.05) is 31.1 Å². The van der Waals surface area contributed by atoms with E-state index in [-0.39, 0.29) is 6.04 Å². The van der Waals surface area contributed by atoms with Crippen LogP contribution in [0, 0.1) is 0 Å². The zero-order valence-electron chi connectivity index (χ0n) is 9.77. The van der Waals surface area contributed by atoms with Gasteiger partial charge in [0.2, 0.25) is 5.75 Å². The summed E-state index contributed by atoms with van der Waals surface area (Å²) in [5, 5.41) is 3.28. The molecule has 1 fully saturated rings. The molecule has 1 saturated heterocycles. The summed E-state index contributed by atoms with van der Waals surface area (Å²) >= 11 is 0. The Morgan fingerprint density at radius 1 is 1.47 bits per heavy atom. The van der Waals surface area contributed by atoms with Crippen LogP contribution in [0.15, 0.2) is 6.33 Å². The Bertz CT molecular complexity index is 368. The molecule has 0 saturated carbocycles. The van der Waals surface area contributed by atoms with Crippen molar-refractivity contribution >= 4 is 11.6 Å². The van der Waals surface area contributed by atoms with Gasteiger partial charge in [-0.1, -0.05) is 0 Å². The maximum Gasteiger partial charge on any atom is 0.205 e. The van der Waals surface area contributed by atoms with Crippen molar-refractivity contribution in [3.63, 3.8) is 0 Å². The van der Waals surface area contributed by atoms with Gasteiger partial charge >= 0.3 is 0 Å². The third kappa shape index (κ3) is 2.75. The first-order valence-corrected chi connectivity index (χ1v) is 5.55. The smallest absolute Gasteiger partial charge is 0.205 e. The molecule has 7 nitrogen and oxygen atoms in total. The van der Waals surface area contributed by atoms with Gasteiger partial charge in [-0.05, 0) is 12.8 Å². The second kappa shape index (κ2) is 5.65. The molecule has 0 aromatic carbocycles. The minimum atomic E-state index is 0.248. The topological polar surface area (TPSA) is 94.3 Å². The van der Waals surface area contributed by atoms with Crippen LogP contribution in [-0.2, 0) is 4.74 Å². The number of hydrogen-bond donors (Lipinski definition) is 3. The Kier molecular flexibility index (Phi) is 3.94. The van der Waals surface area contributed by atoms with Gasteiger partial charge < -0.3 is 20.2 Å². The first-order valence-electron chi connectivity index (χ1n) is 5.55. The SMILES string of the molecule is COc1c(NN)ncnc1NC1CCCOC1. The zero-order chi connectivity index (χ0) is 12.1. The lowest BCUT2D eigenvalue weighted by molar-refractivity contribution is 0.0874. The maximum atomic E-state index is 5.40. The van der Waals surface area contributed by atoms with E-state index in [4.69, 9.17) is 15.3 Å². The highest BCUT2D eigenvalue weighted by atomic mass is 16.5. The minimum absolute atomic E-state index is 0.248. The van der Waals surface area contributed by atoms with Crippen molar-refractivity contribution in [2.45, 2.75) is 18.9 Å². The van der Waals surface area contributed by atoms with Crippen LogP contribution in [0.2, 0.25) is 0 Å². The van der Waals surface area contributed by atoms with Gasteiger partial charge in [0.05, 0.1) is 19.8 Å². The molecule has 2 heterocycles. The first kappa shape index (κ1) is 11.9. The van der Waals surface area contributed by atoms with Crippen LogP contribution in [0.3, 0.4) is 0 Å². The Labute approximate surface area is 99.7 Å². The number of anilines is 2. The fraction of sp³-hybridized carbons (Fsp3) is 0.600. The lowest BCUT2D eigenvalue weighted by Gasteiger charge is -2.24. The summed E-state index contributed by atoms with van der Waals surface area (Å²) in [6.45, 7) is 1.51. The Morgan fingerprint density at radius 2 is 2.29 bits per heavy atom. The van der Waals surface area contributed by atoms with Gasteiger partial charge in [0.25, 0.3) is 0 Å². The van der Waals surface area contributed by atoms with Crippen molar-refractivity contribution < 1.29 is 9.47 Å². The second-order valence-electron chi connectivity index (χ2n) is 3.81. The van der Waals surface area contributed by atoms with Crippen LogP contribution < -0.4 is 21.3 Å². The van der Waals surface area contributed by atoms with Crippen molar-refractivity contribution in [3.05, 3.63) is 6.33 Å². The largest absolute Gasteiger partial charge is 0.490 e. The summed E-state index contributed by atoms with van der Waals surface area (Å²) in [6.07, 6.45) is 3.54. The number of nitrogens with zero attached hydrogens (tertiary/aromatic N) is 2. The monoisotopic (exact) mass is 239 g/mol. The number of nitrogens with one attached hydrogen (secondary N) is 2. The van der Waals surface area contributed by atoms with E-state index >= 15 is 0 Å². The summed E-state index contributed by atoms with van der Waals surface area (Å²) in [5.41, 5.74) is 2.48. The van der Waals surface area contributed by atoms with Crippen molar-refractivity contribution in [1.29, 1.82) is 0 Å². The fourth-order valence-electron chi connectivity index (χ4n) is 1.82. The fourth-order valence-corrected chi connectivity index (χ4v) is 1.82. The molecule has 1 aliphatic rings. The molecule has 17 heavy (non-hydrogen) atoms. The van der Waals surface area contributed by atoms with E-state index in [0.717, 1.165) is 19.4 Å². The standard InChI is InChI=1S/C10H17N5O2/c1-16-8-9(12-6-13-10(8)15-11)14-7-3-2-4-17-5-7/h6-7H,2-5,11H2,1H3,(H2,12,13,14,15). The van der Waals surface area contributed by atoms with Crippen LogP contribution in [-0.4, -0.2) is 36.3 Å². The highest BCUT2D eigenvalue weighted by Crippen LogP contribution is 2.29. The lowest BCUT2D eigenvalue weighted by atomic mass is 10.1. The molecule has 0 bridgehead atoms. The molecule has 0 amide bonds. The highest BCUT2D eigenvalue weighted by molar-refractivity contribution is 5.63.